The molecule has 0 aromatic carbocycles. The molecule has 2 unspecified atom stereocenters. The van der Waals surface area contributed by atoms with E-state index in [0.717, 1.165) is 24.0 Å². The quantitative estimate of drug-likeness (QED) is 0.801. The second kappa shape index (κ2) is 7.06. The van der Waals surface area contributed by atoms with E-state index in [-0.39, 0.29) is 12.6 Å². The van der Waals surface area contributed by atoms with Crippen molar-refractivity contribution < 1.29 is 18.6 Å². The number of methoxy groups -OCH3 is 2. The molecule has 0 spiro atoms. The zero-order valence-corrected chi connectivity index (χ0v) is 15.4. The van der Waals surface area contributed by atoms with Gasteiger partial charge in [0.25, 0.3) is 0 Å². The van der Waals surface area contributed by atoms with E-state index in [0.29, 0.717) is 23.8 Å². The fraction of sp³-hybridized carbons (Fsp3) is 0.400. The summed E-state index contributed by atoms with van der Waals surface area (Å²) in [6.07, 6.45) is 9.99. The highest BCUT2D eigenvalue weighted by Gasteiger charge is 2.39. The van der Waals surface area contributed by atoms with Gasteiger partial charge in [-0.2, -0.15) is 0 Å². The van der Waals surface area contributed by atoms with E-state index in [1.165, 1.54) is 6.08 Å². The molecule has 2 aromatic rings. The van der Waals surface area contributed by atoms with E-state index in [9.17, 15) is 0 Å². The summed E-state index contributed by atoms with van der Waals surface area (Å²) < 4.78 is 34.0. The number of rotatable bonds is 5. The minimum absolute atomic E-state index is 0.138. The molecular weight excluding hydrogens is 349 g/mol. The highest BCUT2D eigenvalue weighted by atomic mass is 19.1. The van der Waals surface area contributed by atoms with Crippen LogP contribution in [-0.2, 0) is 16.0 Å². The molecule has 2 atom stereocenters. The summed E-state index contributed by atoms with van der Waals surface area (Å²) in [6, 6.07) is 3.76. The first-order valence-electron chi connectivity index (χ1n) is 8.91. The van der Waals surface area contributed by atoms with Gasteiger partial charge in [0.05, 0.1) is 27.1 Å². The van der Waals surface area contributed by atoms with Crippen molar-refractivity contribution in [3.63, 3.8) is 0 Å². The van der Waals surface area contributed by atoms with Gasteiger partial charge >= 0.3 is 0 Å². The van der Waals surface area contributed by atoms with Gasteiger partial charge in [-0.25, -0.2) is 14.4 Å². The average Bonchev–Trinajstić information content (AvgIpc) is 3.19. The Morgan fingerprint density at radius 3 is 2.89 bits per heavy atom. The Labute approximate surface area is 157 Å². The Morgan fingerprint density at radius 2 is 2.22 bits per heavy atom. The lowest BCUT2D eigenvalue weighted by Gasteiger charge is -2.36. The van der Waals surface area contributed by atoms with E-state index >= 15 is 4.39 Å². The first-order chi connectivity index (χ1) is 13.1. The molecule has 0 bridgehead atoms. The Morgan fingerprint density at radius 1 is 1.33 bits per heavy atom. The zero-order chi connectivity index (χ0) is 18.9. The number of imidazole rings is 1. The van der Waals surface area contributed by atoms with Gasteiger partial charge in [0.2, 0.25) is 5.88 Å². The third-order valence-corrected chi connectivity index (χ3v) is 4.98. The Kier molecular flexibility index (Phi) is 4.59. The minimum atomic E-state index is -1.53. The number of pyridine rings is 1. The van der Waals surface area contributed by atoms with Gasteiger partial charge in [-0.15, -0.1) is 0 Å². The predicted octanol–water partition coefficient (Wildman–Crippen LogP) is 3.73. The number of allylic oxidation sites excluding steroid dienone is 2. The van der Waals surface area contributed by atoms with Crippen LogP contribution in [0, 0.1) is 0 Å². The maximum atomic E-state index is 15.5. The molecule has 2 aliphatic rings. The first-order valence-corrected chi connectivity index (χ1v) is 8.91. The van der Waals surface area contributed by atoms with E-state index in [2.05, 4.69) is 9.97 Å². The lowest BCUT2D eigenvalue weighted by atomic mass is 9.84. The summed E-state index contributed by atoms with van der Waals surface area (Å²) in [4.78, 5) is 8.24. The molecule has 0 amide bonds. The molecule has 2 aromatic heterocycles. The summed E-state index contributed by atoms with van der Waals surface area (Å²) >= 11 is 0. The highest BCUT2D eigenvalue weighted by molar-refractivity contribution is 5.37. The lowest BCUT2D eigenvalue weighted by molar-refractivity contribution is 0.0619. The average molecular weight is 371 g/mol. The Balaban J connectivity index is 1.55. The highest BCUT2D eigenvalue weighted by Crippen LogP contribution is 2.44. The first kappa shape index (κ1) is 17.6. The SMILES string of the molecule is COC1=CC(F)(Cn2ccnc2)CC2=C1OC(c1ccc(OC)nc1)CC2. The molecule has 6 nitrogen and oxygen atoms in total. The minimum Gasteiger partial charge on any atom is -0.493 e. The van der Waals surface area contributed by atoms with Gasteiger partial charge in [0, 0.05) is 42.7 Å². The van der Waals surface area contributed by atoms with Gasteiger partial charge in [-0.05, 0) is 24.5 Å². The number of hydrogen-bond acceptors (Lipinski definition) is 5. The molecule has 142 valence electrons. The summed E-state index contributed by atoms with van der Waals surface area (Å²) in [6.45, 7) is 0.197. The third kappa shape index (κ3) is 3.54. The lowest BCUT2D eigenvalue weighted by Crippen LogP contribution is -2.33. The second-order valence-corrected chi connectivity index (χ2v) is 6.87. The van der Waals surface area contributed by atoms with Crippen LogP contribution in [0.2, 0.25) is 0 Å². The van der Waals surface area contributed by atoms with Crippen molar-refractivity contribution >= 4 is 0 Å². The standard InChI is InChI=1S/C20H22FN3O3/c1-25-17-10-20(21,12-24-8-7-22-13-24)9-14-3-5-16(27-19(14)17)15-4-6-18(26-2)23-11-15/h4,6-8,10-11,13,16H,3,5,9,12H2,1-2H3. The van der Waals surface area contributed by atoms with Crippen LogP contribution >= 0.6 is 0 Å². The van der Waals surface area contributed by atoms with Crippen molar-refractivity contribution in [3.8, 4) is 5.88 Å². The number of ether oxygens (including phenoxy) is 3. The van der Waals surface area contributed by atoms with Crippen molar-refractivity contribution in [1.29, 1.82) is 0 Å². The maximum absolute atomic E-state index is 15.5. The zero-order valence-electron chi connectivity index (χ0n) is 15.4. The van der Waals surface area contributed by atoms with Crippen LogP contribution in [-0.4, -0.2) is 34.4 Å². The van der Waals surface area contributed by atoms with Crippen LogP contribution in [0.3, 0.4) is 0 Å². The molecule has 0 N–H and O–H groups in total. The predicted molar refractivity (Wildman–Crippen MR) is 96.7 cm³/mol. The molecule has 4 rings (SSSR count). The second-order valence-electron chi connectivity index (χ2n) is 6.87. The van der Waals surface area contributed by atoms with Gasteiger partial charge in [0.1, 0.15) is 6.10 Å². The van der Waals surface area contributed by atoms with E-state index in [1.807, 2.05) is 12.1 Å². The maximum Gasteiger partial charge on any atom is 0.212 e. The van der Waals surface area contributed by atoms with Crippen molar-refractivity contribution in [2.45, 2.75) is 37.6 Å². The molecule has 0 saturated carbocycles. The molecule has 7 heteroatoms. The van der Waals surface area contributed by atoms with Crippen molar-refractivity contribution in [1.82, 2.24) is 14.5 Å². The number of hydrogen-bond donors (Lipinski definition) is 0. The van der Waals surface area contributed by atoms with Gasteiger partial charge in [0.15, 0.2) is 17.2 Å². The molecule has 0 saturated heterocycles. The normalized spacial score (nSPS) is 24.7. The van der Waals surface area contributed by atoms with E-state index in [4.69, 9.17) is 14.2 Å². The fourth-order valence-corrected chi connectivity index (χ4v) is 3.69. The molecule has 1 aliphatic heterocycles. The molecule has 1 aliphatic carbocycles. The summed E-state index contributed by atoms with van der Waals surface area (Å²) in [5, 5.41) is 0. The van der Waals surface area contributed by atoms with E-state index < -0.39 is 5.67 Å². The smallest absolute Gasteiger partial charge is 0.212 e. The van der Waals surface area contributed by atoms with Gasteiger partial charge in [-0.1, -0.05) is 0 Å². The monoisotopic (exact) mass is 371 g/mol. The van der Waals surface area contributed by atoms with Crippen molar-refractivity contribution in [2.24, 2.45) is 0 Å². The molecule has 0 fully saturated rings. The largest absolute Gasteiger partial charge is 0.493 e. The van der Waals surface area contributed by atoms with Gasteiger partial charge in [-0.3, -0.25) is 0 Å². The van der Waals surface area contributed by atoms with Crippen LogP contribution in [0.4, 0.5) is 4.39 Å². The number of alkyl halides is 1. The van der Waals surface area contributed by atoms with Crippen molar-refractivity contribution in [2.75, 3.05) is 14.2 Å². The number of nitrogens with zero attached hydrogens (tertiary/aromatic N) is 3. The number of halogens is 1. The van der Waals surface area contributed by atoms with Gasteiger partial charge < -0.3 is 18.8 Å². The fourth-order valence-electron chi connectivity index (χ4n) is 3.69. The van der Waals surface area contributed by atoms with Crippen LogP contribution in [0.1, 0.15) is 30.9 Å². The molecule has 0 radical (unpaired) electrons. The molecular formula is C20H22FN3O3. The number of aromatic nitrogens is 3. The van der Waals surface area contributed by atoms with E-state index in [1.54, 1.807) is 43.7 Å². The topological polar surface area (TPSA) is 58.4 Å². The third-order valence-electron chi connectivity index (χ3n) is 4.98. The molecule has 3 heterocycles. The Bertz CT molecular complexity index is 861. The van der Waals surface area contributed by atoms with Crippen LogP contribution in [0.25, 0.3) is 0 Å². The summed E-state index contributed by atoms with van der Waals surface area (Å²) in [7, 11) is 3.13. The van der Waals surface area contributed by atoms with Crippen LogP contribution < -0.4 is 4.74 Å². The summed E-state index contributed by atoms with van der Waals surface area (Å²) in [5.41, 5.74) is 0.394. The molecule has 27 heavy (non-hydrogen) atoms. The Hall–Kier alpha value is -2.83. The van der Waals surface area contributed by atoms with Crippen molar-refractivity contribution in [3.05, 3.63) is 65.8 Å². The van der Waals surface area contributed by atoms with Crippen LogP contribution in [0.5, 0.6) is 5.88 Å². The summed E-state index contributed by atoms with van der Waals surface area (Å²) in [5.74, 6) is 1.67. The van der Waals surface area contributed by atoms with Crippen LogP contribution in [0.15, 0.2) is 60.2 Å².